The lowest BCUT2D eigenvalue weighted by molar-refractivity contribution is 0.187. The Hall–Kier alpha value is 0.860. The Kier molecular flexibility index (Phi) is 2.19. The monoisotopic (exact) mass is 186 g/mol. The number of hydrogen-bond acceptors (Lipinski definition) is 3. The first kappa shape index (κ1) is 7.96. The molecule has 1 aliphatic rings. The molecule has 0 aromatic carbocycles. The molecule has 0 aromatic rings. The van der Waals surface area contributed by atoms with E-state index in [0.29, 0.717) is 0 Å². The maximum atomic E-state index is 5.64. The van der Waals surface area contributed by atoms with Crippen LogP contribution in [-0.4, -0.2) is 12.2 Å². The van der Waals surface area contributed by atoms with Gasteiger partial charge < -0.3 is 9.05 Å². The van der Waals surface area contributed by atoms with E-state index in [1.54, 1.807) is 0 Å². The number of rotatable bonds is 0. The molecule has 1 aliphatic heterocycles. The van der Waals surface area contributed by atoms with E-state index in [9.17, 15) is 0 Å². The fourth-order valence-corrected chi connectivity index (χ4v) is 3.35. The average molecular weight is 187 g/mol. The zero-order valence-corrected chi connectivity index (χ0v) is 7.67. The minimum atomic E-state index is -2.35. The molecule has 0 aromatic heterocycles. The van der Waals surface area contributed by atoms with Gasteiger partial charge in [0, 0.05) is 0 Å². The zero-order chi connectivity index (χ0) is 7.07. The quantitative estimate of drug-likeness (QED) is 0.541. The van der Waals surface area contributed by atoms with Crippen LogP contribution in [0.4, 0.5) is 0 Å². The maximum absolute atomic E-state index is 5.64. The van der Waals surface area contributed by atoms with Gasteiger partial charge in [-0.2, -0.15) is 0 Å². The highest BCUT2D eigenvalue weighted by molar-refractivity contribution is 8.22. The van der Waals surface area contributed by atoms with Crippen molar-refractivity contribution in [2.24, 2.45) is 0 Å². The van der Waals surface area contributed by atoms with Crippen LogP contribution in [0.3, 0.4) is 0 Å². The summed E-state index contributed by atoms with van der Waals surface area (Å²) in [7, 11) is 0. The molecular weight excluding hydrogens is 179 g/mol. The molecule has 3 atom stereocenters. The molecule has 0 bridgehead atoms. The third kappa shape index (κ3) is 1.89. The van der Waals surface area contributed by atoms with Gasteiger partial charge in [0.25, 0.3) is 5.84 Å². The molecule has 5 heteroatoms. The molecule has 1 saturated heterocycles. The van der Waals surface area contributed by atoms with E-state index >= 15 is 0 Å². The summed E-state index contributed by atoms with van der Waals surface area (Å²) < 4.78 is 10.3. The Morgan fingerprint density at radius 1 is 1.33 bits per heavy atom. The van der Waals surface area contributed by atoms with Crippen LogP contribution < -0.4 is 0 Å². The third-order valence-electron chi connectivity index (χ3n) is 1.25. The molecule has 0 aliphatic carbocycles. The van der Waals surface area contributed by atoms with Crippen LogP contribution in [0.5, 0.6) is 0 Å². The smallest absolute Gasteiger partial charge is 0.282 e. The van der Waals surface area contributed by atoms with Gasteiger partial charge in [-0.3, -0.25) is 0 Å². The van der Waals surface area contributed by atoms with Crippen molar-refractivity contribution >= 4 is 28.9 Å². The van der Waals surface area contributed by atoms with Crippen molar-refractivity contribution in [3.05, 3.63) is 0 Å². The molecule has 0 N–H and O–H groups in total. The van der Waals surface area contributed by atoms with Crippen LogP contribution >= 0.6 is 17.1 Å². The first-order chi connectivity index (χ1) is 4.01. The summed E-state index contributed by atoms with van der Waals surface area (Å²) in [6, 6.07) is 0. The van der Waals surface area contributed by atoms with Crippen molar-refractivity contribution < 1.29 is 9.05 Å². The minimum absolute atomic E-state index is 0.0494. The highest BCUT2D eigenvalue weighted by atomic mass is 35.7. The summed E-state index contributed by atoms with van der Waals surface area (Å²) in [6.07, 6.45) is 0.0988. The van der Waals surface area contributed by atoms with E-state index in [4.69, 9.17) is 32.1 Å². The average Bonchev–Trinajstić information content (AvgIpc) is 1.79. The molecule has 1 fully saturated rings. The molecule has 9 heavy (non-hydrogen) atoms. The summed E-state index contributed by atoms with van der Waals surface area (Å²) in [5, 5.41) is 0. The number of hydrogen-bond donors (Lipinski definition) is 0. The summed E-state index contributed by atoms with van der Waals surface area (Å²) in [6.45, 7) is 3.81. The standard InChI is InChI=1S/C4H8ClO2PS/c1-3-4(2)7-8(5,9)6-3/h3-4H,1-2H3/t3-,4+,8?. The lowest BCUT2D eigenvalue weighted by atomic mass is 10.3. The van der Waals surface area contributed by atoms with Crippen LogP contribution in [0.2, 0.25) is 0 Å². The zero-order valence-electron chi connectivity index (χ0n) is 5.20. The highest BCUT2D eigenvalue weighted by Crippen LogP contribution is 2.60. The van der Waals surface area contributed by atoms with Crippen LogP contribution in [0.15, 0.2) is 0 Å². The van der Waals surface area contributed by atoms with Crippen molar-refractivity contribution in [2.75, 3.05) is 0 Å². The molecule has 0 radical (unpaired) electrons. The molecule has 0 saturated carbocycles. The van der Waals surface area contributed by atoms with Crippen LogP contribution in [0, 0.1) is 0 Å². The summed E-state index contributed by atoms with van der Waals surface area (Å²) in [5.41, 5.74) is 0. The van der Waals surface area contributed by atoms with Gasteiger partial charge >= 0.3 is 0 Å². The predicted octanol–water partition coefficient (Wildman–Crippen LogP) is 2.27. The molecule has 0 spiro atoms. The second-order valence-corrected chi connectivity index (χ2v) is 6.71. The lowest BCUT2D eigenvalue weighted by Crippen LogP contribution is -2.13. The normalized spacial score (nSPS) is 51.9. The van der Waals surface area contributed by atoms with Crippen molar-refractivity contribution in [3.8, 4) is 0 Å². The van der Waals surface area contributed by atoms with Crippen LogP contribution in [-0.2, 0) is 20.9 Å². The Bertz CT molecular complexity index is 149. The van der Waals surface area contributed by atoms with Gasteiger partial charge in [0.2, 0.25) is 0 Å². The van der Waals surface area contributed by atoms with Crippen LogP contribution in [0.1, 0.15) is 13.8 Å². The van der Waals surface area contributed by atoms with Crippen molar-refractivity contribution in [1.82, 2.24) is 0 Å². The van der Waals surface area contributed by atoms with Crippen molar-refractivity contribution in [3.63, 3.8) is 0 Å². The molecular formula is C4H8ClO2PS. The Labute approximate surface area is 64.4 Å². The SMILES string of the molecule is C[C@@H]1OP(=S)(Cl)O[C@@H]1C. The van der Waals surface area contributed by atoms with E-state index < -0.39 is 5.84 Å². The fraction of sp³-hybridized carbons (Fsp3) is 1.00. The van der Waals surface area contributed by atoms with Crippen molar-refractivity contribution in [1.29, 1.82) is 0 Å². The maximum Gasteiger partial charge on any atom is 0.282 e. The Morgan fingerprint density at radius 3 is 1.78 bits per heavy atom. The summed E-state index contributed by atoms with van der Waals surface area (Å²) >= 11 is 10.4. The van der Waals surface area contributed by atoms with Gasteiger partial charge in [-0.1, -0.05) is 0 Å². The molecule has 1 rings (SSSR count). The van der Waals surface area contributed by atoms with Gasteiger partial charge in [-0.05, 0) is 36.9 Å². The van der Waals surface area contributed by atoms with E-state index in [-0.39, 0.29) is 12.2 Å². The third-order valence-corrected chi connectivity index (χ3v) is 3.41. The first-order valence-corrected chi connectivity index (χ1v) is 6.22. The summed E-state index contributed by atoms with van der Waals surface area (Å²) in [4.78, 5) is 0. The van der Waals surface area contributed by atoms with Crippen LogP contribution in [0.25, 0.3) is 0 Å². The van der Waals surface area contributed by atoms with E-state index in [1.807, 2.05) is 13.8 Å². The Balaban J connectivity index is 2.65. The van der Waals surface area contributed by atoms with Crippen molar-refractivity contribution in [2.45, 2.75) is 26.1 Å². The highest BCUT2D eigenvalue weighted by Gasteiger charge is 2.33. The van der Waals surface area contributed by atoms with Gasteiger partial charge in [0.05, 0.1) is 12.2 Å². The number of halogens is 1. The second-order valence-electron chi connectivity index (χ2n) is 2.05. The topological polar surface area (TPSA) is 18.5 Å². The van der Waals surface area contributed by atoms with E-state index in [1.165, 1.54) is 0 Å². The van der Waals surface area contributed by atoms with E-state index in [2.05, 4.69) is 0 Å². The van der Waals surface area contributed by atoms with Gasteiger partial charge in [0.1, 0.15) is 0 Å². The second kappa shape index (κ2) is 2.48. The Morgan fingerprint density at radius 2 is 1.67 bits per heavy atom. The molecule has 0 amide bonds. The molecule has 1 unspecified atom stereocenters. The van der Waals surface area contributed by atoms with Gasteiger partial charge in [-0.25, -0.2) is 0 Å². The first-order valence-electron chi connectivity index (χ1n) is 2.68. The molecule has 54 valence electrons. The lowest BCUT2D eigenvalue weighted by Gasteiger charge is -2.01. The minimum Gasteiger partial charge on any atom is -0.312 e. The molecule has 2 nitrogen and oxygen atoms in total. The summed E-state index contributed by atoms with van der Waals surface area (Å²) in [5.74, 6) is -2.35. The fourth-order valence-electron chi connectivity index (χ4n) is 0.593. The largest absolute Gasteiger partial charge is 0.312 e. The molecule has 1 heterocycles. The predicted molar refractivity (Wildman–Crippen MR) is 41.2 cm³/mol. The van der Waals surface area contributed by atoms with Gasteiger partial charge in [-0.15, -0.1) is 0 Å². The van der Waals surface area contributed by atoms with E-state index in [0.717, 1.165) is 0 Å². The van der Waals surface area contributed by atoms with Gasteiger partial charge in [0.15, 0.2) is 0 Å².